The summed E-state index contributed by atoms with van der Waals surface area (Å²) in [4.78, 5) is 0. The number of hydrogen-bond acceptors (Lipinski definition) is 0. The average Bonchev–Trinajstić information content (AvgIpc) is 3.41. The van der Waals surface area contributed by atoms with E-state index in [0.717, 1.165) is 6.42 Å². The van der Waals surface area contributed by atoms with Crippen molar-refractivity contribution in [2.45, 2.75) is 26.3 Å². The van der Waals surface area contributed by atoms with Crippen LogP contribution in [0.2, 0.25) is 0 Å². The van der Waals surface area contributed by atoms with Gasteiger partial charge in [0.05, 0.1) is 0 Å². The molecular formula is C35H28MgSi. The van der Waals surface area contributed by atoms with Crippen LogP contribution in [0, 0.1) is 0 Å². The number of allylic oxidation sites excluding steroid dienone is 2. The Labute approximate surface area is 230 Å². The molecule has 174 valence electrons. The van der Waals surface area contributed by atoms with Crippen LogP contribution in [0.15, 0.2) is 114 Å². The Balaban J connectivity index is 1.40. The molecule has 0 spiro atoms. The van der Waals surface area contributed by atoms with Gasteiger partial charge in [0.1, 0.15) is 0 Å². The van der Waals surface area contributed by atoms with E-state index in [9.17, 15) is 0 Å². The van der Waals surface area contributed by atoms with Crippen LogP contribution in [0.4, 0.5) is 0 Å². The second-order valence-electron chi connectivity index (χ2n) is 10.6. The molecule has 0 amide bonds. The first-order valence-corrected chi connectivity index (χ1v) is 16.2. The third kappa shape index (κ3) is 3.90. The second-order valence-corrected chi connectivity index (χ2v) is 13.7. The van der Waals surface area contributed by atoms with E-state index >= 15 is 0 Å². The number of hydrogen-bond donors (Lipinski definition) is 0. The van der Waals surface area contributed by atoms with E-state index in [0.29, 0.717) is 0 Å². The van der Waals surface area contributed by atoms with Gasteiger partial charge in [0.25, 0.3) is 0 Å². The summed E-state index contributed by atoms with van der Waals surface area (Å²) < 4.78 is 3.36. The maximum absolute atomic E-state index is 2.43. The summed E-state index contributed by atoms with van der Waals surface area (Å²) in [5.74, 6) is 0. The van der Waals surface area contributed by atoms with Crippen molar-refractivity contribution in [3.8, 4) is 0 Å². The van der Waals surface area contributed by atoms with Crippen molar-refractivity contribution in [3.63, 3.8) is 0 Å². The molecule has 0 unspecified atom stereocenters. The molecule has 2 aliphatic carbocycles. The molecule has 0 aliphatic heterocycles. The van der Waals surface area contributed by atoms with Gasteiger partial charge >= 0.3 is 20.4 Å². The zero-order chi connectivity index (χ0) is 24.9. The zero-order valence-electron chi connectivity index (χ0n) is 21.5. The van der Waals surface area contributed by atoms with Gasteiger partial charge in [-0.25, -0.2) is 0 Å². The molecule has 0 nitrogen and oxygen atoms in total. The summed E-state index contributed by atoms with van der Waals surface area (Å²) in [6, 6.07) is 39.7. The highest BCUT2D eigenvalue weighted by molar-refractivity contribution is 6.83. The Morgan fingerprint density at radius 1 is 0.649 bits per heavy atom. The van der Waals surface area contributed by atoms with Crippen molar-refractivity contribution in [2.75, 3.05) is 0 Å². The fourth-order valence-electron chi connectivity index (χ4n) is 6.53. The minimum absolute atomic E-state index is 0.176. The predicted molar refractivity (Wildman–Crippen MR) is 164 cm³/mol. The van der Waals surface area contributed by atoms with E-state index in [-0.39, 0.29) is 9.13 Å². The Morgan fingerprint density at radius 2 is 1.30 bits per heavy atom. The highest BCUT2D eigenvalue weighted by Crippen LogP contribution is 2.43. The van der Waals surface area contributed by atoms with Gasteiger partial charge in [-0.05, 0) is 80.8 Å². The largest absolute Gasteiger partial charge is 0.452 e. The summed E-state index contributed by atoms with van der Waals surface area (Å²) in [5, 5.41) is 7.24. The number of fused-ring (bicyclic) bond motifs is 6. The van der Waals surface area contributed by atoms with Crippen LogP contribution in [0.3, 0.4) is 0 Å². The van der Waals surface area contributed by atoms with Crippen molar-refractivity contribution in [2.24, 2.45) is 0 Å². The van der Waals surface area contributed by atoms with Crippen molar-refractivity contribution < 1.29 is 0 Å². The third-order valence-electron chi connectivity index (χ3n) is 8.40. The quantitative estimate of drug-likeness (QED) is 0.223. The fraction of sp³-hybridized carbons (Fsp3) is 0.114. The van der Waals surface area contributed by atoms with Crippen LogP contribution in [0.5, 0.6) is 0 Å². The Hall–Kier alpha value is -3.05. The van der Waals surface area contributed by atoms with E-state index < -0.39 is 20.4 Å². The molecule has 2 heteroatoms. The van der Waals surface area contributed by atoms with Gasteiger partial charge in [-0.1, -0.05) is 114 Å². The summed E-state index contributed by atoms with van der Waals surface area (Å²) in [6.07, 6.45) is 1.10. The van der Waals surface area contributed by atoms with E-state index in [1.807, 2.05) is 0 Å². The van der Waals surface area contributed by atoms with Gasteiger partial charge in [0.15, 0.2) is 0 Å². The first kappa shape index (κ1) is 23.1. The summed E-state index contributed by atoms with van der Waals surface area (Å²) >= 11 is -0.684. The number of rotatable bonds is 4. The summed E-state index contributed by atoms with van der Waals surface area (Å²) in [5.41, 5.74) is 10.8. The van der Waals surface area contributed by atoms with Crippen molar-refractivity contribution >= 4 is 63.6 Å². The normalized spacial score (nSPS) is 15.6. The average molecular weight is 501 g/mol. The monoisotopic (exact) mass is 500 g/mol. The standard InChI is InChI=1S/C21H17Si.C14H11.Mg/c1-15-13-20-18-10-6-5-9-17(18)11-12-19(20)21(15)22-14-16-7-3-2-4-8-16;1-10-8-12-7-6-11-4-2-3-5-13(11)14(12)9-10;/h2-12,22H,14H2,1H3;2-7H,8H2,1H3;. The van der Waals surface area contributed by atoms with Gasteiger partial charge in [0, 0.05) is 9.13 Å². The van der Waals surface area contributed by atoms with Crippen LogP contribution >= 0.6 is 0 Å². The van der Waals surface area contributed by atoms with Crippen molar-refractivity contribution in [1.82, 2.24) is 0 Å². The molecule has 0 atom stereocenters. The van der Waals surface area contributed by atoms with E-state index in [1.54, 1.807) is 34.8 Å². The highest BCUT2D eigenvalue weighted by atomic mass is 28.2. The molecule has 7 rings (SSSR count). The van der Waals surface area contributed by atoms with Crippen LogP contribution in [0.1, 0.15) is 41.7 Å². The fourth-order valence-corrected chi connectivity index (χ4v) is 10.8. The molecule has 5 aromatic carbocycles. The van der Waals surface area contributed by atoms with Crippen molar-refractivity contribution in [3.05, 3.63) is 142 Å². The Bertz CT molecular complexity index is 1800. The van der Waals surface area contributed by atoms with Crippen molar-refractivity contribution in [1.29, 1.82) is 0 Å². The lowest BCUT2D eigenvalue weighted by molar-refractivity contribution is 1.20. The lowest BCUT2D eigenvalue weighted by Crippen LogP contribution is -2.07. The topological polar surface area (TPSA) is 0 Å². The molecule has 0 N–H and O–H groups in total. The lowest BCUT2D eigenvalue weighted by Gasteiger charge is -2.14. The number of benzene rings is 5. The molecule has 0 saturated heterocycles. The molecular weight excluding hydrogens is 473 g/mol. The first-order chi connectivity index (χ1) is 18.2. The van der Waals surface area contributed by atoms with Gasteiger partial charge < -0.3 is 0 Å². The Morgan fingerprint density at radius 3 is 2.05 bits per heavy atom. The highest BCUT2D eigenvalue weighted by Gasteiger charge is 2.30. The Kier molecular flexibility index (Phi) is 5.84. The lowest BCUT2D eigenvalue weighted by atomic mass is 10.0. The van der Waals surface area contributed by atoms with E-state index in [1.165, 1.54) is 44.3 Å². The molecule has 2 aliphatic rings. The molecule has 0 saturated carbocycles. The second kappa shape index (κ2) is 9.36. The molecule has 0 radical (unpaired) electrons. The SMILES string of the molecule is CC1=[C]([Mg][C]2=C(C)C(=[SiH]Cc3ccccc3)c3ccc4ccccc4c32)c2c(ccc3ccccc23)C1. The minimum Gasteiger partial charge on any atom is -0.158 e. The van der Waals surface area contributed by atoms with Crippen LogP contribution < -0.4 is 0 Å². The summed E-state index contributed by atoms with van der Waals surface area (Å²) in [7, 11) is 0.176. The maximum Gasteiger partial charge on any atom is 0.452 e. The predicted octanol–water partition coefficient (Wildman–Crippen LogP) is 7.59. The molecule has 5 aromatic rings. The molecule has 0 aromatic heterocycles. The van der Waals surface area contributed by atoms with E-state index in [2.05, 4.69) is 117 Å². The zero-order valence-corrected chi connectivity index (χ0v) is 24.1. The van der Waals surface area contributed by atoms with E-state index in [4.69, 9.17) is 0 Å². The maximum atomic E-state index is 2.43. The van der Waals surface area contributed by atoms with Gasteiger partial charge in [-0.2, -0.15) is 7.40 Å². The molecule has 37 heavy (non-hydrogen) atoms. The first-order valence-electron chi connectivity index (χ1n) is 13.4. The van der Waals surface area contributed by atoms with Crippen LogP contribution in [-0.4, -0.2) is 34.7 Å². The molecule has 0 heterocycles. The van der Waals surface area contributed by atoms with Gasteiger partial charge in [-0.3, -0.25) is 0 Å². The smallest absolute Gasteiger partial charge is 0.158 e. The van der Waals surface area contributed by atoms with Crippen LogP contribution in [-0.2, 0) is 12.5 Å². The van der Waals surface area contributed by atoms with Crippen LogP contribution in [0.25, 0.3) is 28.9 Å². The van der Waals surface area contributed by atoms with Gasteiger partial charge in [0.2, 0.25) is 0 Å². The van der Waals surface area contributed by atoms with Gasteiger partial charge in [-0.15, -0.1) is 0 Å². The minimum atomic E-state index is -0.684. The molecule has 0 bridgehead atoms. The molecule has 0 fully saturated rings. The third-order valence-corrected chi connectivity index (χ3v) is 12.8. The summed E-state index contributed by atoms with van der Waals surface area (Å²) in [6.45, 7) is 4.82.